The number of carbonyl (C=O) groups is 1. The molecular weight excluding hydrogens is 434 g/mol. The van der Waals surface area contributed by atoms with Gasteiger partial charge in [0.05, 0.1) is 36.0 Å². The predicted octanol–water partition coefficient (Wildman–Crippen LogP) is 3.24. The van der Waals surface area contributed by atoms with Crippen molar-refractivity contribution in [3.8, 4) is 0 Å². The Morgan fingerprint density at radius 3 is 2.68 bits per heavy atom. The van der Waals surface area contributed by atoms with E-state index in [4.69, 9.17) is 14.5 Å². The molecule has 7 nitrogen and oxygen atoms in total. The fourth-order valence-electron chi connectivity index (χ4n) is 4.52. The van der Waals surface area contributed by atoms with E-state index in [9.17, 15) is 9.59 Å². The number of thioether (sulfide) groups is 1. The van der Waals surface area contributed by atoms with Crippen molar-refractivity contribution in [1.29, 1.82) is 0 Å². The number of aromatic nitrogens is 2. The summed E-state index contributed by atoms with van der Waals surface area (Å²) in [5, 5.41) is 1.34. The van der Waals surface area contributed by atoms with Gasteiger partial charge in [-0.1, -0.05) is 18.7 Å². The molecule has 2 aliphatic heterocycles. The van der Waals surface area contributed by atoms with E-state index < -0.39 is 0 Å². The molecule has 9 heteroatoms. The number of carbonyl (C=O) groups excluding carboxylic acids is 1. The topological polar surface area (TPSA) is 73.7 Å². The number of hydrogen-bond acceptors (Lipinski definition) is 7. The first-order chi connectivity index (χ1) is 14.9. The number of thiophene rings is 1. The zero-order valence-electron chi connectivity index (χ0n) is 18.7. The van der Waals surface area contributed by atoms with E-state index in [-0.39, 0.29) is 35.5 Å². The molecule has 0 saturated carbocycles. The third-order valence-electron chi connectivity index (χ3n) is 5.94. The number of hydrogen-bond donors (Lipinski definition) is 0. The largest absolute Gasteiger partial charge is 0.376 e. The maximum atomic E-state index is 13.5. The zero-order chi connectivity index (χ0) is 22.1. The lowest BCUT2D eigenvalue weighted by Crippen LogP contribution is -2.48. The van der Waals surface area contributed by atoms with Crippen LogP contribution in [0, 0.1) is 6.92 Å². The van der Waals surface area contributed by atoms with Crippen LogP contribution in [0.1, 0.15) is 44.1 Å². The van der Waals surface area contributed by atoms with Crippen LogP contribution in [-0.4, -0.2) is 64.1 Å². The van der Waals surface area contributed by atoms with Crippen molar-refractivity contribution in [2.24, 2.45) is 0 Å². The molecule has 2 aromatic heterocycles. The summed E-state index contributed by atoms with van der Waals surface area (Å²) < 4.78 is 13.3. The molecule has 0 radical (unpaired) electrons. The molecule has 170 valence electrons. The minimum absolute atomic E-state index is 0.00901. The third kappa shape index (κ3) is 4.84. The minimum atomic E-state index is -0.00901. The lowest BCUT2D eigenvalue weighted by Gasteiger charge is -2.35. The van der Waals surface area contributed by atoms with Gasteiger partial charge in [0, 0.05) is 24.6 Å². The van der Waals surface area contributed by atoms with Crippen LogP contribution in [-0.2, 0) is 27.2 Å². The second kappa shape index (κ2) is 9.60. The van der Waals surface area contributed by atoms with E-state index in [1.54, 1.807) is 15.9 Å². The van der Waals surface area contributed by atoms with E-state index in [0.717, 1.165) is 46.5 Å². The number of amides is 1. The van der Waals surface area contributed by atoms with E-state index in [0.29, 0.717) is 24.8 Å². The third-order valence-corrected chi connectivity index (χ3v) is 7.94. The lowest BCUT2D eigenvalue weighted by atomic mass is 10.1. The number of morpholine rings is 1. The second-order valence-electron chi connectivity index (χ2n) is 8.46. The van der Waals surface area contributed by atoms with Crippen LogP contribution in [0.15, 0.2) is 9.95 Å². The molecule has 2 saturated heterocycles. The van der Waals surface area contributed by atoms with Crippen LogP contribution in [0.4, 0.5) is 0 Å². The number of nitrogens with zero attached hydrogens (tertiary/aromatic N) is 3. The van der Waals surface area contributed by atoms with Crippen LogP contribution < -0.4 is 5.56 Å². The minimum Gasteiger partial charge on any atom is -0.376 e. The normalized spacial score (nSPS) is 24.3. The lowest BCUT2D eigenvalue weighted by molar-refractivity contribution is -0.140. The Bertz CT molecular complexity index is 1000. The number of ether oxygens (including phenoxy) is 2. The summed E-state index contributed by atoms with van der Waals surface area (Å²) in [7, 11) is 0. The molecule has 3 atom stereocenters. The van der Waals surface area contributed by atoms with E-state index >= 15 is 0 Å². The summed E-state index contributed by atoms with van der Waals surface area (Å²) >= 11 is 2.92. The molecule has 4 rings (SSSR count). The molecule has 0 N–H and O–H groups in total. The van der Waals surface area contributed by atoms with E-state index in [1.807, 2.05) is 25.7 Å². The first kappa shape index (κ1) is 22.8. The molecule has 3 unspecified atom stereocenters. The average Bonchev–Trinajstić information content (AvgIpc) is 3.34. The molecule has 2 aliphatic rings. The Hall–Kier alpha value is -1.42. The van der Waals surface area contributed by atoms with Crippen molar-refractivity contribution in [1.82, 2.24) is 14.5 Å². The van der Waals surface area contributed by atoms with Gasteiger partial charge >= 0.3 is 0 Å². The highest BCUT2D eigenvalue weighted by atomic mass is 32.2. The molecule has 2 fully saturated rings. The molecule has 0 aromatic carbocycles. The van der Waals surface area contributed by atoms with Gasteiger partial charge in [0.1, 0.15) is 4.83 Å². The van der Waals surface area contributed by atoms with Gasteiger partial charge in [0.25, 0.3) is 5.56 Å². The highest BCUT2D eigenvalue weighted by Crippen LogP contribution is 2.30. The molecular formula is C22H31N3O4S2. The maximum Gasteiger partial charge on any atom is 0.263 e. The van der Waals surface area contributed by atoms with Gasteiger partial charge in [-0.05, 0) is 45.6 Å². The standard InChI is InChI=1S/C22H31N3O4S2/c1-5-17-15(4)31-20-19(17)21(27)25(11-16-7-6-8-28-16)22(23-20)30-12-18(26)24-9-13(2)29-14(3)10-24/h13-14,16H,5-12H2,1-4H3. The fraction of sp³-hybridized carbons (Fsp3) is 0.682. The van der Waals surface area contributed by atoms with Crippen LogP contribution in [0.5, 0.6) is 0 Å². The highest BCUT2D eigenvalue weighted by molar-refractivity contribution is 7.99. The number of rotatable bonds is 6. The van der Waals surface area contributed by atoms with Crippen LogP contribution in [0.25, 0.3) is 10.2 Å². The molecule has 0 bridgehead atoms. The maximum absolute atomic E-state index is 13.5. The van der Waals surface area contributed by atoms with Gasteiger partial charge in [0.2, 0.25) is 5.91 Å². The first-order valence-electron chi connectivity index (χ1n) is 11.1. The monoisotopic (exact) mass is 465 g/mol. The molecule has 0 aliphatic carbocycles. The summed E-state index contributed by atoms with van der Waals surface area (Å²) in [6, 6.07) is 0. The molecule has 2 aromatic rings. The Morgan fingerprint density at radius 1 is 1.29 bits per heavy atom. The van der Waals surface area contributed by atoms with Gasteiger partial charge in [-0.3, -0.25) is 14.2 Å². The van der Waals surface area contributed by atoms with Gasteiger partial charge in [-0.15, -0.1) is 11.3 Å². The van der Waals surface area contributed by atoms with Crippen molar-refractivity contribution >= 4 is 39.2 Å². The first-order valence-corrected chi connectivity index (χ1v) is 12.9. The summed E-state index contributed by atoms with van der Waals surface area (Å²) in [5.74, 6) is 0.315. The summed E-state index contributed by atoms with van der Waals surface area (Å²) in [5.41, 5.74) is 1.08. The van der Waals surface area contributed by atoms with Crippen LogP contribution >= 0.6 is 23.1 Å². The summed E-state index contributed by atoms with van der Waals surface area (Å²) in [6.07, 6.45) is 2.86. The average molecular weight is 466 g/mol. The van der Waals surface area contributed by atoms with Crippen LogP contribution in [0.2, 0.25) is 0 Å². The van der Waals surface area contributed by atoms with Gasteiger partial charge in [0.15, 0.2) is 5.16 Å². The number of fused-ring (bicyclic) bond motifs is 1. The molecule has 31 heavy (non-hydrogen) atoms. The van der Waals surface area contributed by atoms with Crippen LogP contribution in [0.3, 0.4) is 0 Å². The van der Waals surface area contributed by atoms with Crippen molar-refractivity contribution in [2.75, 3.05) is 25.4 Å². The Morgan fingerprint density at radius 2 is 2.03 bits per heavy atom. The van der Waals surface area contributed by atoms with Crippen molar-refractivity contribution in [3.63, 3.8) is 0 Å². The molecule has 0 spiro atoms. The quantitative estimate of drug-likeness (QED) is 0.482. The van der Waals surface area contributed by atoms with Crippen molar-refractivity contribution < 1.29 is 14.3 Å². The van der Waals surface area contributed by atoms with E-state index in [1.165, 1.54) is 11.8 Å². The summed E-state index contributed by atoms with van der Waals surface area (Å²) in [4.78, 5) is 35.0. The molecule has 1 amide bonds. The van der Waals surface area contributed by atoms with Crippen molar-refractivity contribution in [3.05, 3.63) is 20.8 Å². The fourth-order valence-corrected chi connectivity index (χ4v) is 6.59. The summed E-state index contributed by atoms with van der Waals surface area (Å²) in [6.45, 7) is 10.5. The Balaban J connectivity index is 1.62. The second-order valence-corrected chi connectivity index (χ2v) is 10.6. The van der Waals surface area contributed by atoms with Gasteiger partial charge in [-0.2, -0.15) is 0 Å². The van der Waals surface area contributed by atoms with E-state index in [2.05, 4.69) is 6.92 Å². The Kier molecular flexibility index (Phi) is 7.05. The zero-order valence-corrected chi connectivity index (χ0v) is 20.3. The molecule has 4 heterocycles. The Labute approximate surface area is 191 Å². The highest BCUT2D eigenvalue weighted by Gasteiger charge is 2.27. The SMILES string of the molecule is CCc1c(C)sc2nc(SCC(=O)N3CC(C)OC(C)C3)n(CC3CCCO3)c(=O)c12. The number of aryl methyl sites for hydroxylation is 2. The van der Waals surface area contributed by atoms with Gasteiger partial charge in [-0.25, -0.2) is 4.98 Å². The smallest absolute Gasteiger partial charge is 0.263 e. The van der Waals surface area contributed by atoms with Gasteiger partial charge < -0.3 is 14.4 Å². The van der Waals surface area contributed by atoms with Crippen molar-refractivity contribution in [2.45, 2.75) is 77.0 Å². The predicted molar refractivity (Wildman–Crippen MR) is 124 cm³/mol.